The van der Waals surface area contributed by atoms with E-state index in [4.69, 9.17) is 0 Å². The minimum atomic E-state index is -0.157. The van der Waals surface area contributed by atoms with Crippen LogP contribution in [0.2, 0.25) is 0 Å². The lowest BCUT2D eigenvalue weighted by Gasteiger charge is -2.30. The zero-order valence-corrected chi connectivity index (χ0v) is 29.4. The van der Waals surface area contributed by atoms with Gasteiger partial charge in [0.25, 0.3) is 0 Å². The van der Waals surface area contributed by atoms with E-state index in [2.05, 4.69) is 177 Å². The average Bonchev–Trinajstić information content (AvgIpc) is 3.68. The molecule has 0 radical (unpaired) electrons. The topological polar surface area (TPSA) is 6.48 Å². The predicted octanol–water partition coefficient (Wildman–Crippen LogP) is 12.9. The lowest BCUT2D eigenvalue weighted by atomic mass is 9.80. The van der Waals surface area contributed by atoms with Gasteiger partial charge in [0.05, 0.1) is 5.69 Å². The van der Waals surface area contributed by atoms with E-state index in [9.17, 15) is 0 Å². The second-order valence-electron chi connectivity index (χ2n) is 15.6. The first-order valence-corrected chi connectivity index (χ1v) is 18.3. The van der Waals surface area contributed by atoms with Crippen LogP contribution >= 0.6 is 0 Å². The van der Waals surface area contributed by atoms with Crippen LogP contribution in [-0.4, -0.2) is 0 Å². The van der Waals surface area contributed by atoms with E-state index in [0.29, 0.717) is 5.92 Å². The summed E-state index contributed by atoms with van der Waals surface area (Å²) < 4.78 is 0. The van der Waals surface area contributed by atoms with E-state index in [1.54, 1.807) is 0 Å². The van der Waals surface area contributed by atoms with Gasteiger partial charge in [0, 0.05) is 45.2 Å². The number of nitrogens with zero attached hydrogens (tertiary/aromatic N) is 2. The molecule has 1 heterocycles. The van der Waals surface area contributed by atoms with E-state index < -0.39 is 0 Å². The Hall–Kier alpha value is -5.34. The molecule has 2 nitrogen and oxygen atoms in total. The van der Waals surface area contributed by atoms with Gasteiger partial charge in [-0.05, 0) is 136 Å². The Kier molecular flexibility index (Phi) is 6.26. The van der Waals surface area contributed by atoms with Crippen molar-refractivity contribution in [2.45, 2.75) is 63.7 Å². The molecule has 0 spiro atoms. The van der Waals surface area contributed by atoms with Crippen LogP contribution in [0.15, 0.2) is 151 Å². The first-order chi connectivity index (χ1) is 24.3. The second kappa shape index (κ2) is 10.6. The van der Waals surface area contributed by atoms with Gasteiger partial charge < -0.3 is 9.80 Å². The molecule has 5 aromatic carbocycles. The summed E-state index contributed by atoms with van der Waals surface area (Å²) in [6, 6.07) is 41.2. The summed E-state index contributed by atoms with van der Waals surface area (Å²) in [6.07, 6.45) is 14.9. The van der Waals surface area contributed by atoms with Gasteiger partial charge in [0.1, 0.15) is 0 Å². The fraction of sp³-hybridized carbons (Fsp3) is 0.208. The third kappa shape index (κ3) is 4.08. The molecule has 1 aliphatic heterocycles. The predicted molar refractivity (Wildman–Crippen MR) is 210 cm³/mol. The SMILES string of the molecule is CC1(C)C2=C(CCC=C2)c2ccc(N(c3ccccc3)c3ccc4c(c3)C(C)(C)c3cc5c(cc3-4)C3CC=CC=C3N5c3ccccc3)cc21. The molecule has 5 aliphatic rings. The highest BCUT2D eigenvalue weighted by Crippen LogP contribution is 2.58. The molecule has 0 fully saturated rings. The standard InChI is InChI=1S/C48H42N2/c1-47(2)41-21-13-11-19-35(41)36-25-23-33(27-42(36)47)49(31-15-7-5-8-16-31)34-24-26-37-39-29-40-38-20-12-14-22-45(38)50(32-17-9-6-10-18-32)46(40)30-44(39)48(3,4)43(37)28-34/h5-10,12-18,21-30,38H,11,19-20H2,1-4H3. The molecule has 1 unspecified atom stereocenters. The molecule has 244 valence electrons. The van der Waals surface area contributed by atoms with E-state index in [-0.39, 0.29) is 10.8 Å². The Morgan fingerprint density at radius 2 is 1.32 bits per heavy atom. The van der Waals surface area contributed by atoms with Crippen LogP contribution in [0, 0.1) is 0 Å². The summed E-state index contributed by atoms with van der Waals surface area (Å²) in [6.45, 7) is 9.62. The first kappa shape index (κ1) is 29.6. The number of allylic oxidation sites excluding steroid dienone is 8. The Balaban J connectivity index is 1.10. The molecule has 0 saturated carbocycles. The van der Waals surface area contributed by atoms with Gasteiger partial charge in [0.15, 0.2) is 0 Å². The molecule has 0 amide bonds. The molecule has 5 aromatic rings. The summed E-state index contributed by atoms with van der Waals surface area (Å²) >= 11 is 0. The van der Waals surface area contributed by atoms with Gasteiger partial charge >= 0.3 is 0 Å². The highest BCUT2D eigenvalue weighted by Gasteiger charge is 2.42. The summed E-state index contributed by atoms with van der Waals surface area (Å²) in [5.41, 5.74) is 20.2. The van der Waals surface area contributed by atoms with Crippen LogP contribution in [0.1, 0.15) is 80.7 Å². The fourth-order valence-corrected chi connectivity index (χ4v) is 9.68. The van der Waals surface area contributed by atoms with Crippen molar-refractivity contribution < 1.29 is 0 Å². The van der Waals surface area contributed by atoms with Gasteiger partial charge in [-0.15, -0.1) is 0 Å². The molecule has 1 atom stereocenters. The number of hydrogen-bond acceptors (Lipinski definition) is 2. The summed E-state index contributed by atoms with van der Waals surface area (Å²) in [4.78, 5) is 4.97. The van der Waals surface area contributed by atoms with Gasteiger partial charge in [0.2, 0.25) is 0 Å². The van der Waals surface area contributed by atoms with Crippen molar-refractivity contribution in [2.24, 2.45) is 0 Å². The lowest BCUT2D eigenvalue weighted by molar-refractivity contribution is 0.651. The van der Waals surface area contributed by atoms with Crippen molar-refractivity contribution in [2.75, 3.05) is 9.80 Å². The quantitative estimate of drug-likeness (QED) is 0.192. The van der Waals surface area contributed by atoms with Crippen molar-refractivity contribution in [3.63, 3.8) is 0 Å². The van der Waals surface area contributed by atoms with Crippen molar-refractivity contribution in [1.29, 1.82) is 0 Å². The number of rotatable bonds is 4. The maximum atomic E-state index is 2.53. The molecule has 0 saturated heterocycles. The van der Waals surface area contributed by atoms with E-state index in [1.807, 2.05) is 0 Å². The third-order valence-corrected chi connectivity index (χ3v) is 12.2. The van der Waals surface area contributed by atoms with Crippen LogP contribution in [0.25, 0.3) is 16.7 Å². The number of fused-ring (bicyclic) bond motifs is 8. The molecular weight excluding hydrogens is 605 g/mol. The highest BCUT2D eigenvalue weighted by molar-refractivity contribution is 5.91. The zero-order valence-electron chi connectivity index (χ0n) is 29.4. The Morgan fingerprint density at radius 1 is 0.640 bits per heavy atom. The van der Waals surface area contributed by atoms with Gasteiger partial charge in [-0.3, -0.25) is 0 Å². The van der Waals surface area contributed by atoms with Crippen molar-refractivity contribution >= 4 is 34.0 Å². The highest BCUT2D eigenvalue weighted by atomic mass is 15.2. The number of benzene rings is 5. The summed E-state index contributed by atoms with van der Waals surface area (Å²) in [5, 5.41) is 0. The number of anilines is 5. The average molecular weight is 647 g/mol. The largest absolute Gasteiger partial charge is 0.313 e. The second-order valence-corrected chi connectivity index (χ2v) is 15.6. The molecular formula is C48H42N2. The fourth-order valence-electron chi connectivity index (χ4n) is 9.68. The van der Waals surface area contributed by atoms with Crippen LogP contribution < -0.4 is 9.80 Å². The van der Waals surface area contributed by atoms with Crippen molar-refractivity contribution in [3.05, 3.63) is 179 Å². The summed E-state index contributed by atoms with van der Waals surface area (Å²) in [7, 11) is 0. The Bertz CT molecular complexity index is 2350. The van der Waals surface area contributed by atoms with Crippen LogP contribution in [0.3, 0.4) is 0 Å². The van der Waals surface area contributed by atoms with Gasteiger partial charge in [-0.25, -0.2) is 0 Å². The lowest BCUT2D eigenvalue weighted by Crippen LogP contribution is -2.19. The maximum Gasteiger partial charge on any atom is 0.0501 e. The molecule has 10 rings (SSSR count). The molecule has 4 aliphatic carbocycles. The number of hydrogen-bond donors (Lipinski definition) is 0. The van der Waals surface area contributed by atoms with Crippen LogP contribution in [0.5, 0.6) is 0 Å². The third-order valence-electron chi connectivity index (χ3n) is 12.2. The van der Waals surface area contributed by atoms with E-state index >= 15 is 0 Å². The van der Waals surface area contributed by atoms with E-state index in [1.165, 1.54) is 84.2 Å². The molecule has 0 aromatic heterocycles. The minimum Gasteiger partial charge on any atom is -0.313 e. The van der Waals surface area contributed by atoms with Crippen molar-refractivity contribution in [1.82, 2.24) is 0 Å². The van der Waals surface area contributed by atoms with E-state index in [0.717, 1.165) is 19.3 Å². The molecule has 0 N–H and O–H groups in total. The minimum absolute atomic E-state index is 0.0151. The molecule has 50 heavy (non-hydrogen) atoms. The van der Waals surface area contributed by atoms with Crippen LogP contribution in [-0.2, 0) is 10.8 Å². The van der Waals surface area contributed by atoms with Crippen molar-refractivity contribution in [3.8, 4) is 11.1 Å². The number of para-hydroxylation sites is 2. The molecule has 0 bridgehead atoms. The first-order valence-electron chi connectivity index (χ1n) is 18.3. The Labute approximate surface area is 296 Å². The van der Waals surface area contributed by atoms with Crippen LogP contribution in [0.4, 0.5) is 28.4 Å². The molecule has 2 heteroatoms. The normalized spacial score (nSPS) is 19.7. The van der Waals surface area contributed by atoms with Gasteiger partial charge in [-0.2, -0.15) is 0 Å². The van der Waals surface area contributed by atoms with Gasteiger partial charge in [-0.1, -0.05) is 101 Å². The Morgan fingerprint density at radius 3 is 2.08 bits per heavy atom. The smallest absolute Gasteiger partial charge is 0.0501 e. The summed E-state index contributed by atoms with van der Waals surface area (Å²) in [5.74, 6) is 0.375. The zero-order chi connectivity index (χ0) is 33.8. The maximum absolute atomic E-state index is 2.53. The monoisotopic (exact) mass is 646 g/mol.